The number of carbonyl (C=O) groups is 4. The Morgan fingerprint density at radius 3 is 2.55 bits per heavy atom. The summed E-state index contributed by atoms with van der Waals surface area (Å²) in [5.41, 5.74) is 2.17. The molecule has 4 atom stereocenters. The van der Waals surface area contributed by atoms with Crippen LogP contribution in [0.4, 0.5) is 4.79 Å². The van der Waals surface area contributed by atoms with Crippen molar-refractivity contribution in [2.45, 2.75) is 76.3 Å². The number of aromatic nitrogens is 1. The van der Waals surface area contributed by atoms with Gasteiger partial charge < -0.3 is 39.6 Å². The Balaban J connectivity index is 1.37. The van der Waals surface area contributed by atoms with E-state index in [2.05, 4.69) is 10.6 Å². The first-order chi connectivity index (χ1) is 26.4. The number of hydrogen-bond donors (Lipinski definition) is 3. The van der Waals surface area contributed by atoms with Crippen molar-refractivity contribution in [3.63, 3.8) is 0 Å². The van der Waals surface area contributed by atoms with Crippen LogP contribution in [0.5, 0.6) is 17.2 Å². The van der Waals surface area contributed by atoms with Crippen molar-refractivity contribution in [3.8, 4) is 28.5 Å². The number of methoxy groups -OCH3 is 1. The number of amides is 3. The molecule has 0 saturated carbocycles. The monoisotopic (exact) mass is 750 g/mol. The van der Waals surface area contributed by atoms with Crippen LogP contribution < -0.4 is 24.8 Å². The minimum atomic E-state index is -1.28. The first-order valence-electron chi connectivity index (χ1n) is 18.3. The lowest BCUT2D eigenvalue weighted by molar-refractivity contribution is -0.144. The molecule has 0 spiro atoms. The molecule has 1 saturated heterocycles. The summed E-state index contributed by atoms with van der Waals surface area (Å²) >= 11 is 0. The smallest absolute Gasteiger partial charge is 0.408 e. The maximum Gasteiger partial charge on any atom is 0.408 e. The van der Waals surface area contributed by atoms with Gasteiger partial charge in [-0.15, -0.1) is 0 Å². The number of rotatable bonds is 6. The summed E-state index contributed by atoms with van der Waals surface area (Å²) < 4.78 is 23.5. The topological polar surface area (TPSA) is 166 Å². The Hall–Kier alpha value is -6.11. The van der Waals surface area contributed by atoms with Gasteiger partial charge in [-0.25, -0.2) is 14.6 Å². The highest BCUT2D eigenvalue weighted by Crippen LogP contribution is 2.35. The Labute approximate surface area is 319 Å². The Bertz CT molecular complexity index is 2060. The van der Waals surface area contributed by atoms with E-state index >= 15 is 0 Å². The van der Waals surface area contributed by atoms with E-state index in [0.29, 0.717) is 40.3 Å². The fraction of sp³-hybridized carbons (Fsp3) is 0.357. The molecule has 1 aromatic heterocycles. The van der Waals surface area contributed by atoms with E-state index < -0.39 is 53.7 Å². The van der Waals surface area contributed by atoms with Crippen LogP contribution in [-0.4, -0.2) is 89.0 Å². The van der Waals surface area contributed by atoms with E-state index in [4.69, 9.17) is 23.9 Å². The third-order valence-corrected chi connectivity index (χ3v) is 9.30. The molecular formula is C42H46N4O9. The average molecular weight is 751 g/mol. The molecule has 0 aliphatic carbocycles. The molecule has 1 fully saturated rings. The predicted molar refractivity (Wildman–Crippen MR) is 205 cm³/mol. The minimum Gasteiger partial charge on any atom is -0.497 e. The number of carboxylic acid groups (broad SMARTS) is 1. The van der Waals surface area contributed by atoms with Crippen molar-refractivity contribution in [3.05, 3.63) is 96.6 Å². The molecule has 2 aliphatic heterocycles. The van der Waals surface area contributed by atoms with Crippen molar-refractivity contribution in [2.24, 2.45) is 0 Å². The third-order valence-electron chi connectivity index (χ3n) is 9.30. The summed E-state index contributed by atoms with van der Waals surface area (Å²) in [6, 6.07) is 20.8. The summed E-state index contributed by atoms with van der Waals surface area (Å²) in [5, 5.41) is 16.1. The molecule has 2 bridgehead atoms. The molecule has 4 aromatic rings. The van der Waals surface area contributed by atoms with E-state index in [1.165, 1.54) is 4.90 Å². The highest BCUT2D eigenvalue weighted by Gasteiger charge is 2.44. The summed E-state index contributed by atoms with van der Waals surface area (Å²) in [6.45, 7) is 5.33. The van der Waals surface area contributed by atoms with Gasteiger partial charge in [0.15, 0.2) is 0 Å². The Morgan fingerprint density at radius 1 is 1.00 bits per heavy atom. The fourth-order valence-corrected chi connectivity index (χ4v) is 6.66. The van der Waals surface area contributed by atoms with Gasteiger partial charge in [-0.1, -0.05) is 54.6 Å². The van der Waals surface area contributed by atoms with Crippen molar-refractivity contribution in [1.82, 2.24) is 20.5 Å². The summed E-state index contributed by atoms with van der Waals surface area (Å²) in [5.74, 6) is -0.729. The number of nitrogens with zero attached hydrogens (tertiary/aromatic N) is 2. The van der Waals surface area contributed by atoms with E-state index in [9.17, 15) is 24.3 Å². The van der Waals surface area contributed by atoms with Crippen molar-refractivity contribution >= 4 is 34.8 Å². The summed E-state index contributed by atoms with van der Waals surface area (Å²) in [4.78, 5) is 60.4. The van der Waals surface area contributed by atoms with Crippen molar-refractivity contribution in [2.75, 3.05) is 20.3 Å². The maximum atomic E-state index is 14.6. The van der Waals surface area contributed by atoms with Crippen LogP contribution in [0.1, 0.15) is 45.6 Å². The van der Waals surface area contributed by atoms with Crippen LogP contribution in [0, 0.1) is 0 Å². The zero-order valence-electron chi connectivity index (χ0n) is 31.3. The molecule has 13 heteroatoms. The fourth-order valence-electron chi connectivity index (χ4n) is 6.66. The normalized spacial score (nSPS) is 21.3. The third kappa shape index (κ3) is 9.91. The summed E-state index contributed by atoms with van der Waals surface area (Å²) in [6.07, 6.45) is 2.46. The number of aryl methyl sites for hydroxylation is 1. The molecule has 3 aromatic carbocycles. The van der Waals surface area contributed by atoms with E-state index in [0.717, 1.165) is 11.1 Å². The van der Waals surface area contributed by atoms with Gasteiger partial charge in [0.25, 0.3) is 0 Å². The van der Waals surface area contributed by atoms with Gasteiger partial charge in [0.2, 0.25) is 11.8 Å². The molecule has 13 nitrogen and oxygen atoms in total. The maximum absolute atomic E-state index is 14.6. The van der Waals surface area contributed by atoms with Crippen LogP contribution in [0.15, 0.2) is 91.0 Å². The van der Waals surface area contributed by atoms with Crippen LogP contribution in [0.2, 0.25) is 0 Å². The number of carboxylic acids is 1. The molecule has 55 heavy (non-hydrogen) atoms. The molecule has 6 rings (SSSR count). The van der Waals surface area contributed by atoms with E-state index in [-0.39, 0.29) is 32.4 Å². The highest BCUT2D eigenvalue weighted by atomic mass is 16.6. The summed E-state index contributed by atoms with van der Waals surface area (Å²) in [7, 11) is 1.57. The number of nitrogens with one attached hydrogen (secondary N) is 2. The first-order valence-corrected chi connectivity index (χ1v) is 18.3. The number of ether oxygens (including phenoxy) is 4. The van der Waals surface area contributed by atoms with Crippen LogP contribution >= 0.6 is 0 Å². The number of fused-ring (bicyclic) bond motifs is 4. The number of alkyl carbamates (subject to hydrolysis) is 1. The van der Waals surface area contributed by atoms with Gasteiger partial charge in [0, 0.05) is 29.5 Å². The largest absolute Gasteiger partial charge is 0.497 e. The van der Waals surface area contributed by atoms with E-state index in [1.54, 1.807) is 52.2 Å². The molecule has 2 aliphatic rings. The molecular weight excluding hydrogens is 704 g/mol. The molecule has 0 radical (unpaired) electrons. The second-order valence-corrected chi connectivity index (χ2v) is 14.5. The molecule has 288 valence electrons. The van der Waals surface area contributed by atoms with E-state index in [1.807, 2.05) is 66.7 Å². The highest BCUT2D eigenvalue weighted by molar-refractivity contribution is 5.94. The second kappa shape index (κ2) is 16.9. The Kier molecular flexibility index (Phi) is 11.9. The first kappa shape index (κ1) is 38.6. The molecule has 3 N–H and O–H groups in total. The number of carbonyl (C=O) groups excluding carboxylic acids is 3. The van der Waals surface area contributed by atoms with Gasteiger partial charge in [0.1, 0.15) is 53.7 Å². The molecule has 0 unspecified atom stereocenters. The lowest BCUT2D eigenvalue weighted by Crippen LogP contribution is -2.55. The lowest BCUT2D eigenvalue weighted by atomic mass is 10.0. The van der Waals surface area contributed by atoms with Crippen molar-refractivity contribution < 1.29 is 43.2 Å². The number of hydrogen-bond acceptors (Lipinski definition) is 9. The molecule has 3 amide bonds. The average Bonchev–Trinajstić information content (AvgIpc) is 3.58. The van der Waals surface area contributed by atoms with Gasteiger partial charge >= 0.3 is 12.1 Å². The molecule has 3 heterocycles. The number of benzene rings is 3. The van der Waals surface area contributed by atoms with Crippen LogP contribution in [-0.2, 0) is 25.5 Å². The van der Waals surface area contributed by atoms with Crippen LogP contribution in [0.25, 0.3) is 22.2 Å². The van der Waals surface area contributed by atoms with Gasteiger partial charge in [-0.05, 0) is 69.9 Å². The SMILES string of the molecule is COc1ccc2c(O[C@@H]3C[C@H]4C(=O)N[C@H](C(=O)O)C/C=C\COc5cccc(c5)CC[C@@H](NC(=O)OC(C)(C)C)C(=O)N4C3)cc(-c3ccccc3)nc2c1. The number of aliphatic carboxylic acids is 1. The predicted octanol–water partition coefficient (Wildman–Crippen LogP) is 5.69. The van der Waals surface area contributed by atoms with Gasteiger partial charge in [-0.3, -0.25) is 9.59 Å². The number of pyridine rings is 1. The minimum absolute atomic E-state index is 0.0113. The zero-order valence-corrected chi connectivity index (χ0v) is 31.3. The van der Waals surface area contributed by atoms with Crippen LogP contribution in [0.3, 0.4) is 0 Å². The quantitative estimate of drug-likeness (QED) is 0.209. The van der Waals surface area contributed by atoms with Gasteiger partial charge in [0.05, 0.1) is 24.9 Å². The Morgan fingerprint density at radius 2 is 1.80 bits per heavy atom. The second-order valence-electron chi connectivity index (χ2n) is 14.5. The standard InChI is InChI=1S/C42H46N4O9/c1-42(2,3)55-41(51)45-32-19-16-26-11-10-14-29(21-26)53-20-9-8-15-33(40(49)50)44-38(47)36-23-30(25-46(36)39(32)48)54-37-24-34(27-12-6-5-7-13-27)43-35-22-28(52-4)17-18-31(35)37/h5-14,17-18,21-22,24,30,32-33,36H,15-16,19-20,23,25H2,1-4H3,(H,44,47)(H,45,51)(H,49,50)/b9-8-/t30-,32-,33+,36+/m1/s1. The van der Waals surface area contributed by atoms with Gasteiger partial charge in [-0.2, -0.15) is 0 Å². The van der Waals surface area contributed by atoms with Crippen molar-refractivity contribution in [1.29, 1.82) is 0 Å². The zero-order chi connectivity index (χ0) is 39.1. The lowest BCUT2D eigenvalue weighted by Gasteiger charge is -2.30.